The van der Waals surface area contributed by atoms with E-state index in [-0.39, 0.29) is 18.5 Å². The minimum Gasteiger partial charge on any atom is -0.491 e. The van der Waals surface area contributed by atoms with Gasteiger partial charge in [-0.3, -0.25) is 4.79 Å². The molecule has 0 aliphatic heterocycles. The zero-order valence-electron chi connectivity index (χ0n) is 9.82. The van der Waals surface area contributed by atoms with Gasteiger partial charge >= 0.3 is 5.97 Å². The van der Waals surface area contributed by atoms with Crippen LogP contribution in [0.3, 0.4) is 0 Å². The highest BCUT2D eigenvalue weighted by Crippen LogP contribution is 2.26. The maximum Gasteiger partial charge on any atom is 0.310 e. The van der Waals surface area contributed by atoms with Gasteiger partial charge in [-0.1, -0.05) is 6.07 Å². The Morgan fingerprint density at radius 2 is 2.12 bits per heavy atom. The van der Waals surface area contributed by atoms with Crippen LogP contribution in [0.15, 0.2) is 18.2 Å². The molecule has 1 aromatic rings. The Morgan fingerprint density at radius 1 is 1.44 bits per heavy atom. The predicted octanol–water partition coefficient (Wildman–Crippen LogP) is 1.77. The molecule has 0 saturated carbocycles. The number of rotatable bonds is 4. The first kappa shape index (κ1) is 12.4. The zero-order valence-corrected chi connectivity index (χ0v) is 9.82. The van der Waals surface area contributed by atoms with Gasteiger partial charge in [0.2, 0.25) is 0 Å². The molecular weight excluding hydrogens is 206 g/mol. The number of hydrogen-bond donors (Lipinski definition) is 1. The lowest BCUT2D eigenvalue weighted by molar-refractivity contribution is -0.139. The largest absolute Gasteiger partial charge is 0.491 e. The van der Waals surface area contributed by atoms with Crippen LogP contribution < -0.4 is 10.5 Å². The van der Waals surface area contributed by atoms with E-state index in [9.17, 15) is 4.79 Å². The van der Waals surface area contributed by atoms with E-state index < -0.39 is 0 Å². The highest BCUT2D eigenvalue weighted by Gasteiger charge is 2.13. The SMILES string of the molecule is COC(=O)Cc1c(N)cccc1OC(C)C. The molecular formula is C12H17NO3. The van der Waals surface area contributed by atoms with Gasteiger partial charge in [-0.05, 0) is 26.0 Å². The summed E-state index contributed by atoms with van der Waals surface area (Å²) < 4.78 is 10.2. The third-order valence-electron chi connectivity index (χ3n) is 2.08. The molecule has 0 radical (unpaired) electrons. The Kier molecular flexibility index (Phi) is 4.17. The molecule has 0 bridgehead atoms. The maximum atomic E-state index is 11.2. The Morgan fingerprint density at radius 3 is 2.69 bits per heavy atom. The van der Waals surface area contributed by atoms with Gasteiger partial charge < -0.3 is 15.2 Å². The summed E-state index contributed by atoms with van der Waals surface area (Å²) >= 11 is 0. The molecule has 0 unspecified atom stereocenters. The van der Waals surface area contributed by atoms with E-state index in [1.807, 2.05) is 13.8 Å². The average molecular weight is 223 g/mol. The van der Waals surface area contributed by atoms with Crippen LogP contribution in [0.25, 0.3) is 0 Å². The minimum atomic E-state index is -0.327. The van der Waals surface area contributed by atoms with E-state index in [1.54, 1.807) is 18.2 Å². The molecule has 0 heterocycles. The second kappa shape index (κ2) is 5.39. The number of carbonyl (C=O) groups excluding carboxylic acids is 1. The summed E-state index contributed by atoms with van der Waals surface area (Å²) in [5.41, 5.74) is 7.04. The van der Waals surface area contributed by atoms with Gasteiger partial charge in [0.15, 0.2) is 0 Å². The Balaban J connectivity index is 2.98. The number of carbonyl (C=O) groups is 1. The first-order valence-electron chi connectivity index (χ1n) is 5.15. The van der Waals surface area contributed by atoms with Crippen molar-refractivity contribution in [3.8, 4) is 5.75 Å². The Hall–Kier alpha value is -1.71. The second-order valence-corrected chi connectivity index (χ2v) is 3.74. The molecule has 0 aromatic heterocycles. The molecule has 16 heavy (non-hydrogen) atoms. The standard InChI is InChI=1S/C12H17NO3/c1-8(2)16-11-6-4-5-10(13)9(11)7-12(14)15-3/h4-6,8H,7,13H2,1-3H3. The van der Waals surface area contributed by atoms with Crippen molar-refractivity contribution in [3.63, 3.8) is 0 Å². The van der Waals surface area contributed by atoms with Crippen LogP contribution in [-0.4, -0.2) is 19.2 Å². The Bertz CT molecular complexity index is 375. The summed E-state index contributed by atoms with van der Waals surface area (Å²) in [5, 5.41) is 0. The van der Waals surface area contributed by atoms with Gasteiger partial charge in [-0.25, -0.2) is 0 Å². The van der Waals surface area contributed by atoms with E-state index in [0.29, 0.717) is 17.0 Å². The fourth-order valence-corrected chi connectivity index (χ4v) is 1.35. The van der Waals surface area contributed by atoms with Gasteiger partial charge in [-0.15, -0.1) is 0 Å². The zero-order chi connectivity index (χ0) is 12.1. The van der Waals surface area contributed by atoms with E-state index in [4.69, 9.17) is 10.5 Å². The second-order valence-electron chi connectivity index (χ2n) is 3.74. The maximum absolute atomic E-state index is 11.2. The van der Waals surface area contributed by atoms with E-state index >= 15 is 0 Å². The van der Waals surface area contributed by atoms with Crippen LogP contribution in [0.4, 0.5) is 5.69 Å². The van der Waals surface area contributed by atoms with Gasteiger partial charge in [0, 0.05) is 11.3 Å². The lowest BCUT2D eigenvalue weighted by Gasteiger charge is -2.15. The summed E-state index contributed by atoms with van der Waals surface area (Å²) in [6, 6.07) is 5.34. The van der Waals surface area contributed by atoms with Gasteiger partial charge in [-0.2, -0.15) is 0 Å². The molecule has 0 atom stereocenters. The minimum absolute atomic E-state index is 0.0400. The van der Waals surface area contributed by atoms with Crippen LogP contribution in [0.1, 0.15) is 19.4 Å². The third kappa shape index (κ3) is 3.15. The fraction of sp³-hybridized carbons (Fsp3) is 0.417. The molecule has 88 valence electrons. The third-order valence-corrected chi connectivity index (χ3v) is 2.08. The summed E-state index contributed by atoms with van der Waals surface area (Å²) in [6.45, 7) is 3.84. The van der Waals surface area contributed by atoms with Crippen molar-refractivity contribution in [2.45, 2.75) is 26.4 Å². The molecule has 0 aliphatic rings. The van der Waals surface area contributed by atoms with Gasteiger partial charge in [0.25, 0.3) is 0 Å². The fourth-order valence-electron chi connectivity index (χ4n) is 1.35. The number of methoxy groups -OCH3 is 1. The molecule has 0 aliphatic carbocycles. The van der Waals surface area contributed by atoms with Crippen LogP contribution in [-0.2, 0) is 16.0 Å². The van der Waals surface area contributed by atoms with E-state index in [0.717, 1.165) is 0 Å². The molecule has 2 N–H and O–H groups in total. The lowest BCUT2D eigenvalue weighted by atomic mass is 10.1. The van der Waals surface area contributed by atoms with Gasteiger partial charge in [0.05, 0.1) is 19.6 Å². The van der Waals surface area contributed by atoms with Crippen molar-refractivity contribution in [2.75, 3.05) is 12.8 Å². The number of ether oxygens (including phenoxy) is 2. The van der Waals surface area contributed by atoms with E-state index in [1.165, 1.54) is 7.11 Å². The summed E-state index contributed by atoms with van der Waals surface area (Å²) in [6.07, 6.45) is 0.170. The predicted molar refractivity (Wildman–Crippen MR) is 62.3 cm³/mol. The normalized spacial score (nSPS) is 10.2. The highest BCUT2D eigenvalue weighted by molar-refractivity contribution is 5.76. The molecule has 4 heteroatoms. The number of anilines is 1. The van der Waals surface area contributed by atoms with Crippen LogP contribution in [0, 0.1) is 0 Å². The first-order valence-corrected chi connectivity index (χ1v) is 5.15. The van der Waals surface area contributed by atoms with Gasteiger partial charge in [0.1, 0.15) is 5.75 Å². The molecule has 1 aromatic carbocycles. The monoisotopic (exact) mass is 223 g/mol. The molecule has 0 saturated heterocycles. The first-order chi connectivity index (χ1) is 7.54. The number of benzene rings is 1. The van der Waals surface area contributed by atoms with Crippen molar-refractivity contribution in [3.05, 3.63) is 23.8 Å². The molecule has 0 fully saturated rings. The summed E-state index contributed by atoms with van der Waals surface area (Å²) in [5.74, 6) is 0.312. The van der Waals surface area contributed by atoms with Crippen molar-refractivity contribution >= 4 is 11.7 Å². The molecule has 1 rings (SSSR count). The van der Waals surface area contributed by atoms with Crippen LogP contribution >= 0.6 is 0 Å². The lowest BCUT2D eigenvalue weighted by Crippen LogP contribution is -2.12. The van der Waals surface area contributed by atoms with Crippen LogP contribution in [0.2, 0.25) is 0 Å². The molecule has 0 spiro atoms. The van der Waals surface area contributed by atoms with Crippen molar-refractivity contribution in [1.82, 2.24) is 0 Å². The van der Waals surface area contributed by atoms with E-state index in [2.05, 4.69) is 4.74 Å². The Labute approximate surface area is 95.3 Å². The molecule has 4 nitrogen and oxygen atoms in total. The number of nitrogen functional groups attached to an aromatic ring is 1. The number of hydrogen-bond acceptors (Lipinski definition) is 4. The van der Waals surface area contributed by atoms with Crippen molar-refractivity contribution < 1.29 is 14.3 Å². The smallest absolute Gasteiger partial charge is 0.310 e. The summed E-state index contributed by atoms with van der Waals surface area (Å²) in [7, 11) is 1.35. The summed E-state index contributed by atoms with van der Waals surface area (Å²) in [4.78, 5) is 11.2. The quantitative estimate of drug-likeness (QED) is 0.624. The van der Waals surface area contributed by atoms with Crippen molar-refractivity contribution in [2.24, 2.45) is 0 Å². The van der Waals surface area contributed by atoms with Crippen molar-refractivity contribution in [1.29, 1.82) is 0 Å². The topological polar surface area (TPSA) is 61.5 Å². The highest BCUT2D eigenvalue weighted by atomic mass is 16.5. The number of nitrogens with two attached hydrogens (primary N) is 1. The van der Waals surface area contributed by atoms with Crippen LogP contribution in [0.5, 0.6) is 5.75 Å². The number of esters is 1. The average Bonchev–Trinajstić information content (AvgIpc) is 2.22. The molecule has 0 amide bonds.